The Labute approximate surface area is 197 Å². The monoisotopic (exact) mass is 444 g/mol. The van der Waals surface area contributed by atoms with Crippen molar-refractivity contribution in [3.8, 4) is 17.1 Å². The normalized spacial score (nSPS) is 13.1. The molecule has 0 bridgehead atoms. The summed E-state index contributed by atoms with van der Waals surface area (Å²) in [6.45, 7) is 20.5. The van der Waals surface area contributed by atoms with Gasteiger partial charge < -0.3 is 9.30 Å². The molecular formula is C29H36N2O2. The van der Waals surface area contributed by atoms with Gasteiger partial charge in [0.1, 0.15) is 5.75 Å². The molecule has 1 aliphatic heterocycles. The van der Waals surface area contributed by atoms with Gasteiger partial charge in [-0.1, -0.05) is 53.3 Å². The average Bonchev–Trinajstić information content (AvgIpc) is 3.18. The second-order valence-corrected chi connectivity index (χ2v) is 8.11. The summed E-state index contributed by atoms with van der Waals surface area (Å²) >= 11 is 0. The standard InChI is InChI=1S/C25H24N2O2.2C2H6/c1-5-18-20-12-17(29-14(2)3)7-9-22(20)26-24-21(18)13-27-23(24)11-16-10-15(4)6-8-19(16)25(27)28;2*1-2/h7,9,11-12H,2,4-6,8,10,13H2,1,3H3;2*1-2H3. The summed E-state index contributed by atoms with van der Waals surface area (Å²) < 4.78 is 7.62. The van der Waals surface area contributed by atoms with Gasteiger partial charge in [0.05, 0.1) is 29.2 Å². The lowest BCUT2D eigenvalue weighted by molar-refractivity contribution is 0.431. The van der Waals surface area contributed by atoms with Crippen LogP contribution in [0.4, 0.5) is 0 Å². The molecule has 0 saturated heterocycles. The molecule has 0 spiro atoms. The predicted molar refractivity (Wildman–Crippen MR) is 139 cm³/mol. The van der Waals surface area contributed by atoms with Gasteiger partial charge in [-0.05, 0) is 68.0 Å². The summed E-state index contributed by atoms with van der Waals surface area (Å²) in [7, 11) is 0. The van der Waals surface area contributed by atoms with E-state index in [4.69, 9.17) is 9.72 Å². The van der Waals surface area contributed by atoms with Crippen molar-refractivity contribution < 1.29 is 4.74 Å². The van der Waals surface area contributed by atoms with E-state index in [0.717, 1.165) is 70.4 Å². The van der Waals surface area contributed by atoms with Crippen LogP contribution in [0.1, 0.15) is 70.2 Å². The number of rotatable bonds is 3. The maximum absolute atomic E-state index is 13.2. The average molecular weight is 445 g/mol. The van der Waals surface area contributed by atoms with Crippen LogP contribution in [0.3, 0.4) is 0 Å². The second-order valence-electron chi connectivity index (χ2n) is 8.11. The molecule has 0 amide bonds. The summed E-state index contributed by atoms with van der Waals surface area (Å²) in [4.78, 5) is 18.2. The van der Waals surface area contributed by atoms with E-state index in [1.807, 2.05) is 57.4 Å². The van der Waals surface area contributed by atoms with Crippen LogP contribution in [0.25, 0.3) is 22.3 Å². The van der Waals surface area contributed by atoms with Gasteiger partial charge in [0.2, 0.25) is 0 Å². The first-order valence-electron chi connectivity index (χ1n) is 12.2. The van der Waals surface area contributed by atoms with Crippen LogP contribution in [0.5, 0.6) is 5.75 Å². The maximum Gasteiger partial charge on any atom is 0.254 e. The molecule has 5 rings (SSSR count). The summed E-state index contributed by atoms with van der Waals surface area (Å²) in [6, 6.07) is 8.13. The molecule has 0 saturated carbocycles. The van der Waals surface area contributed by atoms with E-state index in [0.29, 0.717) is 12.3 Å². The zero-order valence-corrected chi connectivity index (χ0v) is 21.0. The highest BCUT2D eigenvalue weighted by molar-refractivity contribution is 5.89. The van der Waals surface area contributed by atoms with Gasteiger partial charge in [0.25, 0.3) is 5.56 Å². The van der Waals surface area contributed by atoms with Crippen LogP contribution < -0.4 is 10.3 Å². The van der Waals surface area contributed by atoms with Gasteiger partial charge in [0.15, 0.2) is 0 Å². The van der Waals surface area contributed by atoms with Gasteiger partial charge in [0, 0.05) is 16.5 Å². The Morgan fingerprint density at radius 2 is 1.85 bits per heavy atom. The number of nitrogens with zero attached hydrogens (tertiary/aromatic N) is 2. The summed E-state index contributed by atoms with van der Waals surface area (Å²) in [5.41, 5.74) is 8.62. The van der Waals surface area contributed by atoms with Crippen molar-refractivity contribution in [2.45, 2.75) is 73.8 Å². The van der Waals surface area contributed by atoms with Crippen LogP contribution in [0.2, 0.25) is 0 Å². The Balaban J connectivity index is 0.000000728. The third kappa shape index (κ3) is 4.39. The van der Waals surface area contributed by atoms with E-state index < -0.39 is 0 Å². The molecule has 0 fully saturated rings. The fraction of sp³-hybridized carbons (Fsp3) is 0.379. The Morgan fingerprint density at radius 3 is 2.52 bits per heavy atom. The molecule has 0 N–H and O–H groups in total. The molecule has 0 atom stereocenters. The Kier molecular flexibility index (Phi) is 7.57. The number of allylic oxidation sites excluding steroid dienone is 2. The lowest BCUT2D eigenvalue weighted by atomic mass is 9.89. The molecule has 174 valence electrons. The van der Waals surface area contributed by atoms with Crippen LogP contribution in [0, 0.1) is 0 Å². The molecule has 0 unspecified atom stereocenters. The van der Waals surface area contributed by atoms with E-state index in [1.165, 1.54) is 11.1 Å². The minimum Gasteiger partial charge on any atom is -0.463 e. The van der Waals surface area contributed by atoms with E-state index in [2.05, 4.69) is 26.1 Å². The number of fused-ring (bicyclic) bond motifs is 5. The number of hydrogen-bond donors (Lipinski definition) is 0. The molecule has 4 nitrogen and oxygen atoms in total. The largest absolute Gasteiger partial charge is 0.463 e. The molecular weight excluding hydrogens is 408 g/mol. The van der Waals surface area contributed by atoms with Crippen LogP contribution in [-0.2, 0) is 25.8 Å². The smallest absolute Gasteiger partial charge is 0.254 e. The predicted octanol–water partition coefficient (Wildman–Crippen LogP) is 7.00. The number of benzene rings is 1. The fourth-order valence-electron chi connectivity index (χ4n) is 4.73. The SMILES string of the molecule is C=C1CCc2c(cc3n(c2=O)Cc2c-3nc3ccc(OC(=C)C)cc3c2CC)C1.CC.CC. The maximum atomic E-state index is 13.2. The highest BCUT2D eigenvalue weighted by Gasteiger charge is 2.28. The zero-order valence-electron chi connectivity index (χ0n) is 21.0. The fourth-order valence-corrected chi connectivity index (χ4v) is 4.73. The van der Waals surface area contributed by atoms with Crippen LogP contribution in [0.15, 0.2) is 53.6 Å². The first-order valence-corrected chi connectivity index (χ1v) is 12.2. The molecule has 2 aliphatic rings. The lowest BCUT2D eigenvalue weighted by Crippen LogP contribution is -2.27. The number of aromatic nitrogens is 2. The van der Waals surface area contributed by atoms with Crippen molar-refractivity contribution in [3.05, 3.63) is 81.4 Å². The summed E-state index contributed by atoms with van der Waals surface area (Å²) in [6.07, 6.45) is 3.37. The first kappa shape index (κ1) is 24.5. The summed E-state index contributed by atoms with van der Waals surface area (Å²) in [5, 5.41) is 1.09. The van der Waals surface area contributed by atoms with Crippen LogP contribution >= 0.6 is 0 Å². The van der Waals surface area contributed by atoms with Crippen LogP contribution in [-0.4, -0.2) is 9.55 Å². The van der Waals surface area contributed by atoms with E-state index in [-0.39, 0.29) is 5.56 Å². The van der Waals surface area contributed by atoms with Crippen molar-refractivity contribution in [1.82, 2.24) is 9.55 Å². The molecule has 1 aliphatic carbocycles. The van der Waals surface area contributed by atoms with Crippen molar-refractivity contribution in [2.75, 3.05) is 0 Å². The Morgan fingerprint density at radius 1 is 1.12 bits per heavy atom. The molecule has 1 aromatic carbocycles. The van der Waals surface area contributed by atoms with Gasteiger partial charge in [-0.3, -0.25) is 4.79 Å². The van der Waals surface area contributed by atoms with E-state index in [9.17, 15) is 4.79 Å². The van der Waals surface area contributed by atoms with Crippen molar-refractivity contribution in [2.24, 2.45) is 0 Å². The van der Waals surface area contributed by atoms with Crippen molar-refractivity contribution in [3.63, 3.8) is 0 Å². The third-order valence-electron chi connectivity index (χ3n) is 6.04. The zero-order chi connectivity index (χ0) is 24.3. The third-order valence-corrected chi connectivity index (χ3v) is 6.04. The van der Waals surface area contributed by atoms with Gasteiger partial charge >= 0.3 is 0 Å². The molecule has 2 aromatic heterocycles. The first-order chi connectivity index (χ1) is 16.0. The van der Waals surface area contributed by atoms with Gasteiger partial charge in [-0.15, -0.1) is 0 Å². The van der Waals surface area contributed by atoms with Gasteiger partial charge in [-0.2, -0.15) is 0 Å². The summed E-state index contributed by atoms with van der Waals surface area (Å²) in [5.74, 6) is 1.42. The van der Waals surface area contributed by atoms with E-state index >= 15 is 0 Å². The number of aryl methyl sites for hydroxylation is 1. The van der Waals surface area contributed by atoms with Crippen molar-refractivity contribution >= 4 is 10.9 Å². The van der Waals surface area contributed by atoms with Gasteiger partial charge in [-0.25, -0.2) is 4.98 Å². The Bertz CT molecular complexity index is 1280. The number of pyridine rings is 2. The second kappa shape index (κ2) is 10.2. The quantitative estimate of drug-likeness (QED) is 0.252. The topological polar surface area (TPSA) is 44.1 Å². The molecule has 33 heavy (non-hydrogen) atoms. The molecule has 4 heteroatoms. The lowest BCUT2D eigenvalue weighted by Gasteiger charge is -2.19. The molecule has 3 aromatic rings. The van der Waals surface area contributed by atoms with E-state index in [1.54, 1.807) is 0 Å². The Hall–Kier alpha value is -3.14. The highest BCUT2D eigenvalue weighted by Crippen LogP contribution is 2.38. The highest BCUT2D eigenvalue weighted by atomic mass is 16.5. The number of ether oxygens (including phenoxy) is 1. The minimum absolute atomic E-state index is 0.139. The number of hydrogen-bond acceptors (Lipinski definition) is 3. The minimum atomic E-state index is 0.139. The molecule has 0 radical (unpaired) electrons. The molecule has 3 heterocycles. The van der Waals surface area contributed by atoms with Crippen molar-refractivity contribution in [1.29, 1.82) is 0 Å².